The maximum absolute atomic E-state index is 12.4. The van der Waals surface area contributed by atoms with Crippen molar-refractivity contribution in [2.24, 2.45) is 12.8 Å². The van der Waals surface area contributed by atoms with Gasteiger partial charge >= 0.3 is 5.69 Å². The quantitative estimate of drug-likeness (QED) is 0.830. The Balaban J connectivity index is 2.41. The van der Waals surface area contributed by atoms with Gasteiger partial charge in [-0.1, -0.05) is 0 Å². The van der Waals surface area contributed by atoms with Gasteiger partial charge in [-0.2, -0.15) is 5.10 Å². The highest BCUT2D eigenvalue weighted by molar-refractivity contribution is 9.10. The minimum Gasteiger partial charge on any atom is -0.330 e. The Morgan fingerprint density at radius 2 is 2.10 bits per heavy atom. The van der Waals surface area contributed by atoms with Crippen molar-refractivity contribution in [3.8, 4) is 0 Å². The van der Waals surface area contributed by atoms with Gasteiger partial charge in [0.05, 0.1) is 22.4 Å². The average Bonchev–Trinajstić information content (AvgIpc) is 2.68. The van der Waals surface area contributed by atoms with Crippen LogP contribution < -0.4 is 17.0 Å². The number of halogens is 1. The minimum absolute atomic E-state index is 0.301. The van der Waals surface area contributed by atoms with E-state index in [4.69, 9.17) is 5.73 Å². The van der Waals surface area contributed by atoms with Gasteiger partial charge in [0.15, 0.2) is 0 Å². The predicted molar refractivity (Wildman–Crippen MR) is 83.4 cm³/mol. The molecule has 114 valence electrons. The molecular weight excluding hydrogens is 338 g/mol. The first kappa shape index (κ1) is 15.7. The highest BCUT2D eigenvalue weighted by Crippen LogP contribution is 2.20. The van der Waals surface area contributed by atoms with Gasteiger partial charge < -0.3 is 5.73 Å². The Morgan fingerprint density at radius 3 is 2.67 bits per heavy atom. The molecule has 0 spiro atoms. The number of aryl methyl sites for hydroxylation is 2. The fourth-order valence-corrected chi connectivity index (χ4v) is 2.61. The van der Waals surface area contributed by atoms with E-state index in [1.54, 1.807) is 4.68 Å². The lowest BCUT2D eigenvalue weighted by Crippen LogP contribution is -2.39. The van der Waals surface area contributed by atoms with Crippen LogP contribution >= 0.6 is 15.9 Å². The molecule has 0 unspecified atom stereocenters. The van der Waals surface area contributed by atoms with Crippen LogP contribution in [0.15, 0.2) is 26.3 Å². The third-order valence-electron chi connectivity index (χ3n) is 3.31. The van der Waals surface area contributed by atoms with E-state index in [0.717, 1.165) is 15.9 Å². The Kier molecular flexibility index (Phi) is 4.79. The summed E-state index contributed by atoms with van der Waals surface area (Å²) in [6.07, 6.45) is 2.10. The maximum atomic E-state index is 12.4. The number of nitrogens with two attached hydrogens (primary N) is 1. The van der Waals surface area contributed by atoms with Crippen molar-refractivity contribution < 1.29 is 0 Å². The number of nitrogens with zero attached hydrogens (tertiary/aromatic N) is 4. The highest BCUT2D eigenvalue weighted by Gasteiger charge is 2.13. The largest absolute Gasteiger partial charge is 0.331 e. The van der Waals surface area contributed by atoms with Gasteiger partial charge in [0, 0.05) is 25.9 Å². The van der Waals surface area contributed by atoms with Crippen molar-refractivity contribution in [1.82, 2.24) is 18.9 Å². The topological polar surface area (TPSA) is 87.8 Å². The van der Waals surface area contributed by atoms with Gasteiger partial charge in [-0.05, 0) is 35.8 Å². The standard InChI is InChI=1S/C13H18BrN5O2/c1-9-12(14)10(17(2)16-9)8-18-7-4-11(20)19(13(18)21)6-3-5-15/h4,7H,3,5-6,8,15H2,1-2H3. The first-order valence-electron chi connectivity index (χ1n) is 6.64. The molecule has 2 rings (SSSR count). The molecule has 0 aliphatic rings. The van der Waals surface area contributed by atoms with Crippen LogP contribution in [0.25, 0.3) is 0 Å². The number of hydrogen-bond donors (Lipinski definition) is 1. The molecule has 0 bridgehead atoms. The Labute approximate surface area is 130 Å². The van der Waals surface area contributed by atoms with Crippen molar-refractivity contribution in [1.29, 1.82) is 0 Å². The van der Waals surface area contributed by atoms with Gasteiger partial charge in [0.25, 0.3) is 5.56 Å². The molecule has 2 aromatic rings. The van der Waals surface area contributed by atoms with Crippen molar-refractivity contribution in [2.75, 3.05) is 6.54 Å². The first-order valence-corrected chi connectivity index (χ1v) is 7.43. The predicted octanol–water partition coefficient (Wildman–Crippen LogP) is 0.212. The number of aromatic nitrogens is 4. The third kappa shape index (κ3) is 3.16. The molecule has 0 saturated carbocycles. The molecule has 2 aromatic heterocycles. The summed E-state index contributed by atoms with van der Waals surface area (Å²) in [6.45, 7) is 3.01. The van der Waals surface area contributed by atoms with Gasteiger partial charge in [0.2, 0.25) is 0 Å². The van der Waals surface area contributed by atoms with Crippen LogP contribution in [-0.2, 0) is 20.1 Å². The summed E-state index contributed by atoms with van der Waals surface area (Å²) >= 11 is 3.47. The van der Waals surface area contributed by atoms with E-state index < -0.39 is 0 Å². The summed E-state index contributed by atoms with van der Waals surface area (Å²) in [6, 6.07) is 1.40. The van der Waals surface area contributed by atoms with E-state index in [1.165, 1.54) is 21.4 Å². The summed E-state index contributed by atoms with van der Waals surface area (Å²) < 4.78 is 5.31. The fraction of sp³-hybridized carbons (Fsp3) is 0.462. The summed E-state index contributed by atoms with van der Waals surface area (Å²) in [4.78, 5) is 24.1. The molecular formula is C13H18BrN5O2. The Bertz CT molecular complexity index is 759. The molecule has 0 fully saturated rings. The molecule has 0 aromatic carbocycles. The fourth-order valence-electron chi connectivity index (χ4n) is 2.15. The van der Waals surface area contributed by atoms with E-state index in [9.17, 15) is 9.59 Å². The number of hydrogen-bond acceptors (Lipinski definition) is 4. The van der Waals surface area contributed by atoms with E-state index in [-0.39, 0.29) is 11.2 Å². The van der Waals surface area contributed by atoms with Gasteiger partial charge in [-0.25, -0.2) is 4.79 Å². The lowest BCUT2D eigenvalue weighted by molar-refractivity contribution is 0.544. The smallest absolute Gasteiger partial charge is 0.330 e. The molecule has 21 heavy (non-hydrogen) atoms. The number of rotatable bonds is 5. The molecule has 7 nitrogen and oxygen atoms in total. The average molecular weight is 356 g/mol. The zero-order chi connectivity index (χ0) is 15.6. The summed E-state index contributed by atoms with van der Waals surface area (Å²) in [5.41, 5.74) is 6.54. The molecule has 0 amide bonds. The van der Waals surface area contributed by atoms with Crippen LogP contribution in [0.5, 0.6) is 0 Å². The van der Waals surface area contributed by atoms with E-state index in [1.807, 2.05) is 14.0 Å². The van der Waals surface area contributed by atoms with Gasteiger partial charge in [-0.15, -0.1) is 0 Å². The van der Waals surface area contributed by atoms with Crippen LogP contribution in [0, 0.1) is 6.92 Å². The van der Waals surface area contributed by atoms with Crippen molar-refractivity contribution >= 4 is 15.9 Å². The molecule has 8 heteroatoms. The molecule has 0 aliphatic carbocycles. The second-order valence-electron chi connectivity index (χ2n) is 4.83. The maximum Gasteiger partial charge on any atom is 0.331 e. The summed E-state index contributed by atoms with van der Waals surface area (Å²) in [5, 5.41) is 4.30. The van der Waals surface area contributed by atoms with Crippen LogP contribution in [-0.4, -0.2) is 25.5 Å². The van der Waals surface area contributed by atoms with Crippen molar-refractivity contribution in [3.05, 3.63) is 49.0 Å². The summed E-state index contributed by atoms with van der Waals surface area (Å²) in [5.74, 6) is 0. The highest BCUT2D eigenvalue weighted by atomic mass is 79.9. The zero-order valence-corrected chi connectivity index (χ0v) is 13.6. The lowest BCUT2D eigenvalue weighted by Gasteiger charge is -2.10. The minimum atomic E-state index is -0.332. The second kappa shape index (κ2) is 6.40. The van der Waals surface area contributed by atoms with Crippen LogP contribution in [0.4, 0.5) is 0 Å². The lowest BCUT2D eigenvalue weighted by atomic mass is 10.3. The zero-order valence-electron chi connectivity index (χ0n) is 12.0. The Hall–Kier alpha value is -1.67. The van der Waals surface area contributed by atoms with Gasteiger partial charge in [-0.3, -0.25) is 18.6 Å². The van der Waals surface area contributed by atoms with Crippen molar-refractivity contribution in [2.45, 2.75) is 26.4 Å². The monoisotopic (exact) mass is 355 g/mol. The van der Waals surface area contributed by atoms with Gasteiger partial charge in [0.1, 0.15) is 0 Å². The van der Waals surface area contributed by atoms with Crippen molar-refractivity contribution in [3.63, 3.8) is 0 Å². The third-order valence-corrected chi connectivity index (χ3v) is 4.34. The van der Waals surface area contributed by atoms with E-state index in [2.05, 4.69) is 21.0 Å². The SMILES string of the molecule is Cc1nn(C)c(Cn2ccc(=O)n(CCCN)c2=O)c1Br. The normalized spacial score (nSPS) is 11.0. The van der Waals surface area contributed by atoms with Crippen LogP contribution in [0.2, 0.25) is 0 Å². The van der Waals surface area contributed by atoms with E-state index in [0.29, 0.717) is 26.1 Å². The Morgan fingerprint density at radius 1 is 1.38 bits per heavy atom. The van der Waals surface area contributed by atoms with E-state index >= 15 is 0 Å². The molecule has 0 atom stereocenters. The molecule has 0 aliphatic heterocycles. The molecule has 0 saturated heterocycles. The molecule has 0 radical (unpaired) electrons. The molecule has 2 heterocycles. The van der Waals surface area contributed by atoms with Crippen LogP contribution in [0.3, 0.4) is 0 Å². The first-order chi connectivity index (χ1) is 9.95. The molecule has 2 N–H and O–H groups in total. The summed E-state index contributed by atoms with van der Waals surface area (Å²) in [7, 11) is 1.82. The second-order valence-corrected chi connectivity index (χ2v) is 5.62. The van der Waals surface area contributed by atoms with Crippen LogP contribution in [0.1, 0.15) is 17.8 Å².